The fourth-order valence-corrected chi connectivity index (χ4v) is 3.99. The Kier molecular flexibility index (Phi) is 5.02. The quantitative estimate of drug-likeness (QED) is 0.573. The number of hydrogen-bond acceptors (Lipinski definition) is 8. The molecule has 2 atom stereocenters. The first-order valence-corrected chi connectivity index (χ1v) is 9.76. The van der Waals surface area contributed by atoms with Crippen molar-refractivity contribution < 1.29 is 9.18 Å². The average Bonchev–Trinajstić information content (AvgIpc) is 3.44. The smallest absolute Gasteiger partial charge is 0.236 e. The Labute approximate surface area is 165 Å². The van der Waals surface area contributed by atoms with Gasteiger partial charge in [0.15, 0.2) is 16.8 Å². The lowest BCUT2D eigenvalue weighted by molar-refractivity contribution is -0.122. The minimum absolute atomic E-state index is 0.0109. The normalized spacial score (nSPS) is 20.2. The monoisotopic (exact) mass is 401 g/mol. The molecule has 2 aliphatic heterocycles. The van der Waals surface area contributed by atoms with Crippen molar-refractivity contribution in [2.75, 3.05) is 36.3 Å². The first kappa shape index (κ1) is 18.5. The van der Waals surface area contributed by atoms with Crippen LogP contribution in [0, 0.1) is 17.0 Å². The van der Waals surface area contributed by atoms with Gasteiger partial charge in [0.05, 0.1) is 23.8 Å². The molecule has 28 heavy (non-hydrogen) atoms. The van der Waals surface area contributed by atoms with Gasteiger partial charge in [0, 0.05) is 14.1 Å². The Balaban J connectivity index is 1.61. The number of fused-ring (bicyclic) bond motifs is 1. The zero-order valence-electron chi connectivity index (χ0n) is 15.5. The Hall–Kier alpha value is -2.90. The number of aromatic nitrogens is 2. The zero-order valence-corrected chi connectivity index (χ0v) is 16.3. The summed E-state index contributed by atoms with van der Waals surface area (Å²) in [5.74, 6) is 7.55. The highest BCUT2D eigenvalue weighted by Gasteiger charge is 2.36. The molecule has 0 radical (unpaired) electrons. The second-order valence-corrected chi connectivity index (χ2v) is 7.46. The van der Waals surface area contributed by atoms with Crippen molar-refractivity contribution in [2.45, 2.75) is 25.0 Å². The standard InChI is InChI=1S/C18H20FN7OS/c1-20-16-15-17(25-13(24-16)7-4-10-3-6-12(19)28-10)26(9-22-15)14-8-5-11(23-14)18(27)21-2/h3,6,11,14,22-23H,5,8-9H2,1-2H3,(H,21,27)(H,20,24,25). The highest BCUT2D eigenvalue weighted by Crippen LogP contribution is 2.37. The fourth-order valence-electron chi connectivity index (χ4n) is 3.40. The van der Waals surface area contributed by atoms with Gasteiger partial charge in [0.25, 0.3) is 0 Å². The van der Waals surface area contributed by atoms with E-state index in [1.807, 2.05) is 0 Å². The molecule has 2 aliphatic rings. The van der Waals surface area contributed by atoms with E-state index >= 15 is 0 Å². The van der Waals surface area contributed by atoms with Gasteiger partial charge in [0.1, 0.15) is 5.69 Å². The summed E-state index contributed by atoms with van der Waals surface area (Å²) in [5.41, 5.74) is 0.806. The second-order valence-electron chi connectivity index (χ2n) is 6.43. The predicted octanol–water partition coefficient (Wildman–Crippen LogP) is 1.13. The van der Waals surface area contributed by atoms with Crippen molar-refractivity contribution in [3.63, 3.8) is 0 Å². The molecular weight excluding hydrogens is 381 g/mol. The molecule has 0 spiro atoms. The number of thiophene rings is 1. The molecule has 10 heteroatoms. The van der Waals surface area contributed by atoms with E-state index in [4.69, 9.17) is 0 Å². The van der Waals surface area contributed by atoms with E-state index in [0.29, 0.717) is 23.2 Å². The van der Waals surface area contributed by atoms with Gasteiger partial charge in [-0.1, -0.05) is 11.3 Å². The maximum atomic E-state index is 13.1. The van der Waals surface area contributed by atoms with Gasteiger partial charge in [-0.15, -0.1) is 0 Å². The Morgan fingerprint density at radius 1 is 1.32 bits per heavy atom. The number of carbonyl (C=O) groups excluding carboxylic acids is 1. The lowest BCUT2D eigenvalue weighted by atomic mass is 10.2. The van der Waals surface area contributed by atoms with Crippen LogP contribution in [0.5, 0.6) is 0 Å². The number of rotatable bonds is 3. The molecule has 8 nitrogen and oxygen atoms in total. The maximum absolute atomic E-state index is 13.1. The minimum atomic E-state index is -0.275. The fraction of sp³-hybridized carbons (Fsp3) is 0.389. The maximum Gasteiger partial charge on any atom is 0.236 e. The molecule has 4 rings (SSSR count). The minimum Gasteiger partial charge on any atom is -0.371 e. The summed E-state index contributed by atoms with van der Waals surface area (Å²) in [6.45, 7) is 0.559. The van der Waals surface area contributed by atoms with Crippen molar-refractivity contribution in [3.05, 3.63) is 28.0 Å². The van der Waals surface area contributed by atoms with Crippen molar-refractivity contribution in [1.29, 1.82) is 0 Å². The van der Waals surface area contributed by atoms with Gasteiger partial charge in [-0.2, -0.15) is 4.39 Å². The summed E-state index contributed by atoms with van der Waals surface area (Å²) < 4.78 is 13.1. The van der Waals surface area contributed by atoms with E-state index < -0.39 is 0 Å². The highest BCUT2D eigenvalue weighted by atomic mass is 32.1. The van der Waals surface area contributed by atoms with Crippen LogP contribution in [-0.2, 0) is 4.79 Å². The molecule has 1 saturated heterocycles. The number of nitrogens with zero attached hydrogens (tertiary/aromatic N) is 3. The van der Waals surface area contributed by atoms with Crippen molar-refractivity contribution in [3.8, 4) is 11.8 Å². The highest BCUT2D eigenvalue weighted by molar-refractivity contribution is 7.10. The van der Waals surface area contributed by atoms with E-state index in [9.17, 15) is 9.18 Å². The van der Waals surface area contributed by atoms with E-state index in [1.165, 1.54) is 6.07 Å². The Morgan fingerprint density at radius 3 is 2.89 bits per heavy atom. The summed E-state index contributed by atoms with van der Waals surface area (Å²) in [6, 6.07) is 2.81. The molecule has 0 aromatic carbocycles. The SMILES string of the molecule is CNC(=O)C1CCC(N2CNc3c(NC)nc(C#Cc4ccc(F)s4)nc32)N1. The summed E-state index contributed by atoms with van der Waals surface area (Å²) in [4.78, 5) is 23.7. The third kappa shape index (κ3) is 3.46. The molecule has 146 valence electrons. The predicted molar refractivity (Wildman–Crippen MR) is 107 cm³/mol. The third-order valence-electron chi connectivity index (χ3n) is 4.76. The number of nitrogens with one attached hydrogen (secondary N) is 4. The van der Waals surface area contributed by atoms with Crippen LogP contribution in [0.15, 0.2) is 12.1 Å². The summed E-state index contributed by atoms with van der Waals surface area (Å²) in [7, 11) is 3.43. The molecule has 0 saturated carbocycles. The third-order valence-corrected chi connectivity index (χ3v) is 5.55. The van der Waals surface area contributed by atoms with E-state index in [2.05, 4.69) is 48.0 Å². The number of carbonyl (C=O) groups is 1. The molecule has 1 fully saturated rings. The molecule has 4 N–H and O–H groups in total. The second kappa shape index (κ2) is 7.61. The lowest BCUT2D eigenvalue weighted by Crippen LogP contribution is -2.48. The lowest BCUT2D eigenvalue weighted by Gasteiger charge is -2.25. The zero-order chi connectivity index (χ0) is 19.7. The number of hydrogen-bond donors (Lipinski definition) is 4. The summed E-state index contributed by atoms with van der Waals surface area (Å²) in [5, 5.41) is 12.1. The molecule has 1 amide bonds. The van der Waals surface area contributed by atoms with Crippen LogP contribution in [0.25, 0.3) is 0 Å². The van der Waals surface area contributed by atoms with Crippen LogP contribution in [-0.4, -0.2) is 48.8 Å². The van der Waals surface area contributed by atoms with Crippen LogP contribution >= 0.6 is 11.3 Å². The van der Waals surface area contributed by atoms with Crippen LogP contribution < -0.4 is 26.2 Å². The number of amides is 1. The van der Waals surface area contributed by atoms with Gasteiger partial charge in [-0.05, 0) is 36.8 Å². The van der Waals surface area contributed by atoms with Crippen LogP contribution in [0.4, 0.5) is 21.7 Å². The Bertz CT molecular complexity index is 967. The molecule has 2 aromatic heterocycles. The van der Waals surface area contributed by atoms with Crippen molar-refractivity contribution in [2.24, 2.45) is 0 Å². The summed E-state index contributed by atoms with van der Waals surface area (Å²) >= 11 is 0.986. The largest absolute Gasteiger partial charge is 0.371 e. The van der Waals surface area contributed by atoms with Crippen LogP contribution in [0.2, 0.25) is 0 Å². The van der Waals surface area contributed by atoms with Gasteiger partial charge in [0.2, 0.25) is 11.7 Å². The Morgan fingerprint density at radius 2 is 2.18 bits per heavy atom. The van der Waals surface area contributed by atoms with E-state index in [0.717, 1.165) is 35.7 Å². The van der Waals surface area contributed by atoms with Crippen molar-refractivity contribution >= 4 is 34.6 Å². The molecule has 0 bridgehead atoms. The number of likely N-dealkylation sites (N-methyl/N-ethyl adjacent to an activating group) is 1. The van der Waals surface area contributed by atoms with Gasteiger partial charge in [-0.3, -0.25) is 10.1 Å². The van der Waals surface area contributed by atoms with E-state index in [1.54, 1.807) is 20.2 Å². The first-order chi connectivity index (χ1) is 13.6. The molecular formula is C18H20FN7OS. The molecule has 2 unspecified atom stereocenters. The van der Waals surface area contributed by atoms with Gasteiger partial charge >= 0.3 is 0 Å². The summed E-state index contributed by atoms with van der Waals surface area (Å²) in [6.07, 6.45) is 1.58. The first-order valence-electron chi connectivity index (χ1n) is 8.94. The number of anilines is 3. The average molecular weight is 401 g/mol. The molecule has 4 heterocycles. The molecule has 2 aromatic rings. The van der Waals surface area contributed by atoms with Crippen molar-refractivity contribution in [1.82, 2.24) is 20.6 Å². The van der Waals surface area contributed by atoms with Crippen LogP contribution in [0.1, 0.15) is 23.5 Å². The topological polar surface area (TPSA) is 94.2 Å². The van der Waals surface area contributed by atoms with Gasteiger partial charge < -0.3 is 20.9 Å². The van der Waals surface area contributed by atoms with E-state index in [-0.39, 0.29) is 23.2 Å². The number of halogens is 1. The van der Waals surface area contributed by atoms with Gasteiger partial charge in [-0.25, -0.2) is 9.97 Å². The van der Waals surface area contributed by atoms with Crippen LogP contribution in [0.3, 0.4) is 0 Å². The molecule has 0 aliphatic carbocycles.